The first kappa shape index (κ1) is 17.5. The van der Waals surface area contributed by atoms with Crippen molar-refractivity contribution in [3.05, 3.63) is 16.0 Å². The number of ether oxygens (including phenoxy) is 1. The molecule has 1 saturated heterocycles. The second-order valence-electron chi connectivity index (χ2n) is 7.22. The number of nitrogens with zero attached hydrogens (tertiary/aromatic N) is 4. The van der Waals surface area contributed by atoms with E-state index < -0.39 is 0 Å². The molecule has 2 unspecified atom stereocenters. The summed E-state index contributed by atoms with van der Waals surface area (Å²) in [6, 6.07) is 0. The highest BCUT2D eigenvalue weighted by atomic mass is 32.2. The van der Waals surface area contributed by atoms with Gasteiger partial charge in [0.1, 0.15) is 11.2 Å². The molecule has 1 fully saturated rings. The van der Waals surface area contributed by atoms with Gasteiger partial charge in [-0.2, -0.15) is 0 Å². The molecule has 0 bridgehead atoms. The topological polar surface area (TPSA) is 84.3 Å². The minimum absolute atomic E-state index is 0.0608. The standard InChI is InChI=1S/C17H22N6O2S2/c1-8-5-4-6-10-12(8)13-14-18-9(2)21-23(14)16-19-20-17(22(16)15(13)27-10)26-7-11(24)25-3/h8-9,14,18,21H,4-7H2,1-3H3/t8-,9?,14?/m1/s1. The third-order valence-electron chi connectivity index (χ3n) is 5.43. The van der Waals surface area contributed by atoms with Gasteiger partial charge in [-0.15, -0.1) is 21.5 Å². The lowest BCUT2D eigenvalue weighted by Gasteiger charge is -2.32. The van der Waals surface area contributed by atoms with Crippen LogP contribution in [0.1, 0.15) is 54.8 Å². The van der Waals surface area contributed by atoms with E-state index in [1.807, 2.05) is 11.3 Å². The number of carbonyl (C=O) groups excluding carboxylic acids is 1. The number of rotatable bonds is 3. The van der Waals surface area contributed by atoms with E-state index >= 15 is 0 Å². The fourth-order valence-electron chi connectivity index (χ4n) is 4.25. The van der Waals surface area contributed by atoms with Crippen LogP contribution >= 0.6 is 23.1 Å². The van der Waals surface area contributed by atoms with Gasteiger partial charge < -0.3 is 4.74 Å². The van der Waals surface area contributed by atoms with Crippen molar-refractivity contribution in [1.82, 2.24) is 25.5 Å². The number of thioether (sulfide) groups is 1. The molecule has 4 heterocycles. The van der Waals surface area contributed by atoms with Gasteiger partial charge >= 0.3 is 5.97 Å². The number of hydrazine groups is 1. The summed E-state index contributed by atoms with van der Waals surface area (Å²) in [7, 11) is 1.40. The largest absolute Gasteiger partial charge is 0.468 e. The van der Waals surface area contributed by atoms with E-state index in [1.165, 1.54) is 52.7 Å². The van der Waals surface area contributed by atoms with Gasteiger partial charge in [-0.3, -0.25) is 15.1 Å². The van der Waals surface area contributed by atoms with Crippen LogP contribution in [0.2, 0.25) is 0 Å². The maximum atomic E-state index is 11.6. The lowest BCUT2D eigenvalue weighted by atomic mass is 9.85. The van der Waals surface area contributed by atoms with Gasteiger partial charge in [0.2, 0.25) is 5.95 Å². The Labute approximate surface area is 165 Å². The zero-order chi connectivity index (χ0) is 18.7. The summed E-state index contributed by atoms with van der Waals surface area (Å²) in [6.45, 7) is 4.43. The van der Waals surface area contributed by atoms with Crippen LogP contribution in [0.15, 0.2) is 5.16 Å². The number of methoxy groups -OCH3 is 1. The average Bonchev–Trinajstić information content (AvgIpc) is 3.33. The number of aryl methyl sites for hydroxylation is 1. The first-order chi connectivity index (χ1) is 13.1. The average molecular weight is 407 g/mol. The predicted octanol–water partition coefficient (Wildman–Crippen LogP) is 2.31. The third kappa shape index (κ3) is 2.61. The van der Waals surface area contributed by atoms with Crippen molar-refractivity contribution in [1.29, 1.82) is 0 Å². The Morgan fingerprint density at radius 2 is 2.22 bits per heavy atom. The third-order valence-corrected chi connectivity index (χ3v) is 7.60. The quantitative estimate of drug-likeness (QED) is 0.593. The minimum Gasteiger partial charge on any atom is -0.468 e. The second kappa shape index (κ2) is 6.47. The Morgan fingerprint density at radius 3 is 3.04 bits per heavy atom. The molecule has 0 radical (unpaired) electrons. The summed E-state index contributed by atoms with van der Waals surface area (Å²) in [5.41, 5.74) is 6.28. The monoisotopic (exact) mass is 406 g/mol. The van der Waals surface area contributed by atoms with E-state index in [1.54, 1.807) is 0 Å². The second-order valence-corrected chi connectivity index (χ2v) is 9.25. The number of hydrogen-bond donors (Lipinski definition) is 2. The number of carbonyl (C=O) groups is 1. The number of aromatic nitrogens is 3. The molecule has 2 aromatic rings. The molecular formula is C17H22N6O2S2. The first-order valence-corrected chi connectivity index (χ1v) is 11.0. The highest BCUT2D eigenvalue weighted by Crippen LogP contribution is 2.50. The predicted molar refractivity (Wildman–Crippen MR) is 104 cm³/mol. The Kier molecular flexibility index (Phi) is 4.19. The van der Waals surface area contributed by atoms with E-state index in [2.05, 4.69) is 44.4 Å². The molecule has 1 aliphatic carbocycles. The SMILES string of the molecule is COC(=O)CSc1nnc2n1-c1sc3c(c1C1NC(C)NN21)[C@H](C)CCC3. The number of hydrogen-bond acceptors (Lipinski definition) is 9. The molecule has 2 aliphatic heterocycles. The van der Waals surface area contributed by atoms with E-state index in [4.69, 9.17) is 4.74 Å². The molecule has 3 aliphatic rings. The zero-order valence-corrected chi connectivity index (χ0v) is 17.1. The summed E-state index contributed by atoms with van der Waals surface area (Å²) >= 11 is 3.22. The van der Waals surface area contributed by atoms with Crippen molar-refractivity contribution in [2.24, 2.45) is 0 Å². The van der Waals surface area contributed by atoms with Crippen LogP contribution in [-0.2, 0) is 16.0 Å². The molecule has 5 rings (SSSR count). The fourth-order valence-corrected chi connectivity index (χ4v) is 6.57. The van der Waals surface area contributed by atoms with E-state index in [9.17, 15) is 4.79 Å². The van der Waals surface area contributed by atoms with Crippen LogP contribution in [0, 0.1) is 0 Å². The Bertz CT molecular complexity index is 910. The number of thiophene rings is 1. The number of nitrogens with one attached hydrogen (secondary N) is 2. The fraction of sp³-hybridized carbons (Fsp3) is 0.588. The van der Waals surface area contributed by atoms with Crippen molar-refractivity contribution in [2.75, 3.05) is 17.9 Å². The van der Waals surface area contributed by atoms with E-state index in [-0.39, 0.29) is 24.1 Å². The van der Waals surface area contributed by atoms with Crippen LogP contribution < -0.4 is 15.8 Å². The number of fused-ring (bicyclic) bond motifs is 8. The van der Waals surface area contributed by atoms with E-state index in [0.29, 0.717) is 5.92 Å². The summed E-state index contributed by atoms with van der Waals surface area (Å²) in [6.07, 6.45) is 3.81. The highest BCUT2D eigenvalue weighted by molar-refractivity contribution is 7.99. The maximum Gasteiger partial charge on any atom is 0.316 e. The summed E-state index contributed by atoms with van der Waals surface area (Å²) in [4.78, 5) is 13.1. The molecule has 2 aromatic heterocycles. The molecule has 3 atom stereocenters. The molecule has 0 saturated carbocycles. The van der Waals surface area contributed by atoms with Gasteiger partial charge in [0.15, 0.2) is 5.16 Å². The van der Waals surface area contributed by atoms with Crippen LogP contribution in [0.5, 0.6) is 0 Å². The number of anilines is 1. The van der Waals surface area contributed by atoms with Crippen LogP contribution in [-0.4, -0.2) is 39.8 Å². The molecular weight excluding hydrogens is 384 g/mol. The molecule has 0 spiro atoms. The van der Waals surface area contributed by atoms with Crippen LogP contribution in [0.4, 0.5) is 5.95 Å². The van der Waals surface area contributed by atoms with Gasteiger partial charge in [-0.25, -0.2) is 9.99 Å². The molecule has 0 amide bonds. The lowest BCUT2D eigenvalue weighted by Crippen LogP contribution is -2.40. The van der Waals surface area contributed by atoms with Crippen molar-refractivity contribution >= 4 is 35.0 Å². The number of esters is 1. The molecule has 2 N–H and O–H groups in total. The lowest BCUT2D eigenvalue weighted by molar-refractivity contribution is -0.137. The summed E-state index contributed by atoms with van der Waals surface area (Å²) < 4.78 is 6.88. The normalized spacial score (nSPS) is 25.6. The van der Waals surface area contributed by atoms with Crippen LogP contribution in [0.25, 0.3) is 5.00 Å². The van der Waals surface area contributed by atoms with Gasteiger partial charge in [0, 0.05) is 10.4 Å². The summed E-state index contributed by atoms with van der Waals surface area (Å²) in [5, 5.41) is 16.4. The Balaban J connectivity index is 1.65. The van der Waals surface area contributed by atoms with Crippen molar-refractivity contribution < 1.29 is 9.53 Å². The molecule has 27 heavy (non-hydrogen) atoms. The zero-order valence-electron chi connectivity index (χ0n) is 15.5. The Morgan fingerprint density at radius 1 is 1.37 bits per heavy atom. The molecule has 10 heteroatoms. The molecule has 8 nitrogen and oxygen atoms in total. The van der Waals surface area contributed by atoms with Gasteiger partial charge in [-0.1, -0.05) is 18.7 Å². The maximum absolute atomic E-state index is 11.6. The van der Waals surface area contributed by atoms with Crippen molar-refractivity contribution in [3.63, 3.8) is 0 Å². The van der Waals surface area contributed by atoms with E-state index in [0.717, 1.165) is 17.5 Å². The summed E-state index contributed by atoms with van der Waals surface area (Å²) in [5.74, 6) is 1.28. The van der Waals surface area contributed by atoms with Gasteiger partial charge in [-0.05, 0) is 37.7 Å². The van der Waals surface area contributed by atoms with Gasteiger partial charge in [0.05, 0.1) is 19.0 Å². The van der Waals surface area contributed by atoms with Crippen LogP contribution in [0.3, 0.4) is 0 Å². The minimum atomic E-state index is -0.264. The smallest absolute Gasteiger partial charge is 0.316 e. The first-order valence-electron chi connectivity index (χ1n) is 9.20. The molecule has 144 valence electrons. The molecule has 0 aromatic carbocycles. The van der Waals surface area contributed by atoms with Crippen molar-refractivity contribution in [2.45, 2.75) is 56.5 Å². The van der Waals surface area contributed by atoms with Gasteiger partial charge in [0.25, 0.3) is 0 Å². The Hall–Kier alpha value is -1.62. The van der Waals surface area contributed by atoms with Crippen molar-refractivity contribution in [3.8, 4) is 5.00 Å². The highest BCUT2D eigenvalue weighted by Gasteiger charge is 2.44.